The van der Waals surface area contributed by atoms with Crippen LogP contribution in [0.5, 0.6) is 0 Å². The van der Waals surface area contributed by atoms with Gasteiger partial charge < -0.3 is 19.7 Å². The van der Waals surface area contributed by atoms with Gasteiger partial charge in [0.15, 0.2) is 5.96 Å². The first-order valence-corrected chi connectivity index (χ1v) is 11.4. The number of aliphatic imine (C=N–C) groups is 1. The van der Waals surface area contributed by atoms with Crippen LogP contribution in [0.15, 0.2) is 4.99 Å². The summed E-state index contributed by atoms with van der Waals surface area (Å²) >= 11 is 0. The van der Waals surface area contributed by atoms with Crippen molar-refractivity contribution in [1.29, 1.82) is 0 Å². The predicted molar refractivity (Wildman–Crippen MR) is 132 cm³/mol. The van der Waals surface area contributed by atoms with E-state index in [-0.39, 0.29) is 24.0 Å². The van der Waals surface area contributed by atoms with Crippen molar-refractivity contribution in [2.45, 2.75) is 77.5 Å². The number of rotatable bonds is 7. The Morgan fingerprint density at radius 1 is 1.20 bits per heavy atom. The minimum atomic E-state index is 0. The van der Waals surface area contributed by atoms with Crippen LogP contribution < -0.4 is 5.32 Å². The van der Waals surface area contributed by atoms with Crippen LogP contribution in [0.3, 0.4) is 0 Å². The standard InChI is InChI=1S/C22H39N5O2.HI/c1-5-20-19(21(6-2)26(4)25-20)15-24-22(23-3)27-12-10-17(11-13-27)29-16-18-9-7-8-14-28-18;/h17-18H,5-16H2,1-4H3,(H,23,24);1H. The van der Waals surface area contributed by atoms with Crippen molar-refractivity contribution in [3.63, 3.8) is 0 Å². The lowest BCUT2D eigenvalue weighted by molar-refractivity contribution is -0.0721. The van der Waals surface area contributed by atoms with Crippen LogP contribution >= 0.6 is 24.0 Å². The molecule has 0 radical (unpaired) electrons. The number of guanidine groups is 1. The molecule has 2 aliphatic heterocycles. The van der Waals surface area contributed by atoms with E-state index in [2.05, 4.69) is 34.2 Å². The quantitative estimate of drug-likeness (QED) is 0.331. The van der Waals surface area contributed by atoms with Gasteiger partial charge in [-0.2, -0.15) is 5.10 Å². The van der Waals surface area contributed by atoms with Gasteiger partial charge in [0.05, 0.1) is 24.5 Å². The smallest absolute Gasteiger partial charge is 0.193 e. The van der Waals surface area contributed by atoms with Crippen molar-refractivity contribution in [3.05, 3.63) is 17.0 Å². The maximum atomic E-state index is 6.15. The van der Waals surface area contributed by atoms with Crippen LogP contribution in [0.25, 0.3) is 0 Å². The van der Waals surface area contributed by atoms with Crippen LogP contribution in [0, 0.1) is 0 Å². The van der Waals surface area contributed by atoms with Crippen LogP contribution in [-0.4, -0.2) is 66.2 Å². The van der Waals surface area contributed by atoms with Gasteiger partial charge in [0.2, 0.25) is 0 Å². The second kappa shape index (κ2) is 12.9. The molecule has 0 aromatic carbocycles. The first kappa shape index (κ1) is 25.4. The van der Waals surface area contributed by atoms with E-state index in [0.717, 1.165) is 70.9 Å². The predicted octanol–water partition coefficient (Wildman–Crippen LogP) is 3.29. The summed E-state index contributed by atoms with van der Waals surface area (Å²) < 4.78 is 14.0. The molecule has 1 atom stereocenters. The van der Waals surface area contributed by atoms with E-state index in [9.17, 15) is 0 Å². The fourth-order valence-corrected chi connectivity index (χ4v) is 4.51. The van der Waals surface area contributed by atoms with Crippen LogP contribution in [0.1, 0.15) is 62.9 Å². The van der Waals surface area contributed by atoms with Crippen molar-refractivity contribution < 1.29 is 9.47 Å². The Morgan fingerprint density at radius 2 is 1.97 bits per heavy atom. The largest absolute Gasteiger partial charge is 0.376 e. The van der Waals surface area contributed by atoms with Gasteiger partial charge in [-0.25, -0.2) is 0 Å². The van der Waals surface area contributed by atoms with Crippen molar-refractivity contribution in [2.24, 2.45) is 12.0 Å². The molecule has 172 valence electrons. The molecule has 0 spiro atoms. The molecule has 3 rings (SSSR count). The van der Waals surface area contributed by atoms with Gasteiger partial charge in [-0.05, 0) is 44.9 Å². The molecule has 1 unspecified atom stereocenters. The molecule has 30 heavy (non-hydrogen) atoms. The van der Waals surface area contributed by atoms with E-state index in [1.807, 2.05) is 18.8 Å². The minimum absolute atomic E-state index is 0. The number of nitrogens with zero attached hydrogens (tertiary/aromatic N) is 4. The lowest BCUT2D eigenvalue weighted by Crippen LogP contribution is -2.47. The summed E-state index contributed by atoms with van der Waals surface area (Å²) in [6.45, 7) is 8.74. The summed E-state index contributed by atoms with van der Waals surface area (Å²) in [4.78, 5) is 6.88. The molecular formula is C22H40IN5O2. The molecule has 7 nitrogen and oxygen atoms in total. The molecule has 2 fully saturated rings. The topological polar surface area (TPSA) is 63.9 Å². The molecule has 1 aromatic rings. The Kier molecular flexibility index (Phi) is 10.9. The normalized spacial score (nSPS) is 20.9. The average molecular weight is 533 g/mol. The summed E-state index contributed by atoms with van der Waals surface area (Å²) in [6.07, 6.45) is 8.28. The van der Waals surface area contributed by atoms with Crippen molar-refractivity contribution in [1.82, 2.24) is 20.0 Å². The number of aryl methyl sites for hydroxylation is 2. The van der Waals surface area contributed by atoms with Gasteiger partial charge in [0, 0.05) is 51.6 Å². The van der Waals surface area contributed by atoms with Crippen LogP contribution in [0.2, 0.25) is 0 Å². The van der Waals surface area contributed by atoms with Gasteiger partial charge >= 0.3 is 0 Å². The van der Waals surface area contributed by atoms with Gasteiger partial charge in [-0.1, -0.05) is 13.8 Å². The third kappa shape index (κ3) is 6.56. The molecule has 1 N–H and O–H groups in total. The molecular weight excluding hydrogens is 493 g/mol. The SMILES string of the molecule is CCc1nn(C)c(CC)c1CNC(=NC)N1CCC(OCC2CCCCO2)CC1.I. The van der Waals surface area contributed by atoms with Gasteiger partial charge in [-0.15, -0.1) is 24.0 Å². The highest BCUT2D eigenvalue weighted by atomic mass is 127. The van der Waals surface area contributed by atoms with Gasteiger partial charge in [0.25, 0.3) is 0 Å². The molecule has 1 aromatic heterocycles. The zero-order valence-electron chi connectivity index (χ0n) is 19.2. The molecule has 2 aliphatic rings. The van der Waals surface area contributed by atoms with Crippen molar-refractivity contribution in [2.75, 3.05) is 33.4 Å². The molecule has 8 heteroatoms. The van der Waals surface area contributed by atoms with E-state index in [1.54, 1.807) is 0 Å². The fraction of sp³-hybridized carbons (Fsp3) is 0.818. The summed E-state index contributed by atoms with van der Waals surface area (Å²) in [5.41, 5.74) is 3.82. The number of aromatic nitrogens is 2. The monoisotopic (exact) mass is 533 g/mol. The van der Waals surface area contributed by atoms with Crippen molar-refractivity contribution in [3.8, 4) is 0 Å². The number of nitrogens with one attached hydrogen (secondary N) is 1. The zero-order chi connectivity index (χ0) is 20.6. The number of halogens is 1. The first-order chi connectivity index (χ1) is 14.2. The lowest BCUT2D eigenvalue weighted by atomic mass is 10.1. The maximum Gasteiger partial charge on any atom is 0.193 e. The highest BCUT2D eigenvalue weighted by Crippen LogP contribution is 2.19. The first-order valence-electron chi connectivity index (χ1n) is 11.4. The summed E-state index contributed by atoms with van der Waals surface area (Å²) in [7, 11) is 3.91. The maximum absolute atomic E-state index is 6.15. The number of ether oxygens (including phenoxy) is 2. The van der Waals surface area contributed by atoms with Crippen LogP contribution in [-0.2, 0) is 35.9 Å². The molecule has 3 heterocycles. The third-order valence-corrected chi connectivity index (χ3v) is 6.20. The Balaban J connectivity index is 0.00000320. The number of hydrogen-bond acceptors (Lipinski definition) is 4. The van der Waals surface area contributed by atoms with E-state index >= 15 is 0 Å². The Bertz CT molecular complexity index is 665. The lowest BCUT2D eigenvalue weighted by Gasteiger charge is -2.35. The molecule has 0 saturated carbocycles. The molecule has 0 amide bonds. The van der Waals surface area contributed by atoms with Crippen molar-refractivity contribution >= 4 is 29.9 Å². The van der Waals surface area contributed by atoms with E-state index in [1.165, 1.54) is 29.8 Å². The number of piperidine rings is 1. The fourth-order valence-electron chi connectivity index (χ4n) is 4.51. The van der Waals surface area contributed by atoms with E-state index in [0.29, 0.717) is 12.2 Å². The van der Waals surface area contributed by atoms with E-state index in [4.69, 9.17) is 9.47 Å². The summed E-state index contributed by atoms with van der Waals surface area (Å²) in [5, 5.41) is 8.26. The van der Waals surface area contributed by atoms with E-state index < -0.39 is 0 Å². The van der Waals surface area contributed by atoms with Gasteiger partial charge in [0.1, 0.15) is 0 Å². The average Bonchev–Trinajstić information content (AvgIpc) is 3.08. The third-order valence-electron chi connectivity index (χ3n) is 6.20. The van der Waals surface area contributed by atoms with Gasteiger partial charge in [-0.3, -0.25) is 9.67 Å². The molecule has 0 aliphatic carbocycles. The Hall–Kier alpha value is -0.870. The zero-order valence-corrected chi connectivity index (χ0v) is 21.5. The highest BCUT2D eigenvalue weighted by Gasteiger charge is 2.24. The summed E-state index contributed by atoms with van der Waals surface area (Å²) in [5.74, 6) is 0.979. The van der Waals surface area contributed by atoms with Crippen LogP contribution in [0.4, 0.5) is 0 Å². The molecule has 2 saturated heterocycles. The highest BCUT2D eigenvalue weighted by molar-refractivity contribution is 14.0. The number of hydrogen-bond donors (Lipinski definition) is 1. The second-order valence-electron chi connectivity index (χ2n) is 8.11. The second-order valence-corrected chi connectivity index (χ2v) is 8.11. The molecule has 0 bridgehead atoms. The minimum Gasteiger partial charge on any atom is -0.376 e. The summed E-state index contributed by atoms with van der Waals surface area (Å²) in [6, 6.07) is 0. The Morgan fingerprint density at radius 3 is 2.57 bits per heavy atom. The Labute approximate surface area is 199 Å². The number of likely N-dealkylation sites (tertiary alicyclic amines) is 1.